The molecule has 1 spiro atoms. The zero-order valence-corrected chi connectivity index (χ0v) is 11.2. The van der Waals surface area contributed by atoms with Gasteiger partial charge in [-0.05, 0) is 18.9 Å². The van der Waals surface area contributed by atoms with E-state index in [1.54, 1.807) is 0 Å². The molecule has 0 bridgehead atoms. The van der Waals surface area contributed by atoms with E-state index >= 15 is 0 Å². The van der Waals surface area contributed by atoms with E-state index in [9.17, 15) is 13.6 Å². The Morgan fingerprint density at radius 1 is 1.10 bits per heavy atom. The van der Waals surface area contributed by atoms with Gasteiger partial charge in [-0.15, -0.1) is 0 Å². The van der Waals surface area contributed by atoms with E-state index in [0.717, 1.165) is 32.0 Å². The smallest absolute Gasteiger partial charge is 0.338 e. The van der Waals surface area contributed by atoms with Gasteiger partial charge in [0.05, 0.1) is 11.3 Å². The molecule has 1 aromatic carbocycles. The van der Waals surface area contributed by atoms with Crippen molar-refractivity contribution in [3.63, 3.8) is 0 Å². The van der Waals surface area contributed by atoms with Gasteiger partial charge in [0.25, 0.3) is 0 Å². The highest BCUT2D eigenvalue weighted by molar-refractivity contribution is 5.89. The average Bonchev–Trinajstić information content (AvgIpc) is 2.37. The van der Waals surface area contributed by atoms with Crippen LogP contribution < -0.4 is 4.90 Å². The Bertz CT molecular complexity index is 545. The first kappa shape index (κ1) is 13.3. The molecule has 5 heteroatoms. The van der Waals surface area contributed by atoms with Crippen molar-refractivity contribution in [2.45, 2.75) is 32.1 Å². The lowest BCUT2D eigenvalue weighted by atomic mass is 9.68. The van der Waals surface area contributed by atoms with Gasteiger partial charge in [0.15, 0.2) is 0 Å². The van der Waals surface area contributed by atoms with Crippen LogP contribution in [-0.4, -0.2) is 24.2 Å². The number of hydrogen-bond donors (Lipinski definition) is 1. The lowest BCUT2D eigenvalue weighted by molar-refractivity contribution is 0.0691. The van der Waals surface area contributed by atoms with Gasteiger partial charge in [-0.1, -0.05) is 19.3 Å². The molecule has 1 heterocycles. The molecule has 1 aromatic rings. The minimum absolute atomic E-state index is 0.208. The first-order valence-corrected chi connectivity index (χ1v) is 6.98. The van der Waals surface area contributed by atoms with Crippen molar-refractivity contribution < 1.29 is 18.7 Å². The molecule has 1 saturated heterocycles. The number of carboxylic acid groups (broad SMARTS) is 1. The molecule has 2 fully saturated rings. The van der Waals surface area contributed by atoms with E-state index in [1.165, 1.54) is 19.3 Å². The van der Waals surface area contributed by atoms with Crippen molar-refractivity contribution in [2.24, 2.45) is 5.41 Å². The molecule has 3 rings (SSSR count). The van der Waals surface area contributed by atoms with Crippen LogP contribution in [0.25, 0.3) is 0 Å². The Kier molecular flexibility index (Phi) is 3.15. The van der Waals surface area contributed by atoms with Crippen LogP contribution in [0.5, 0.6) is 0 Å². The third kappa shape index (κ3) is 2.15. The van der Waals surface area contributed by atoms with Crippen LogP contribution in [0.2, 0.25) is 0 Å². The van der Waals surface area contributed by atoms with Gasteiger partial charge < -0.3 is 10.0 Å². The maximum Gasteiger partial charge on any atom is 0.338 e. The summed E-state index contributed by atoms with van der Waals surface area (Å²) in [5.74, 6) is -3.07. The van der Waals surface area contributed by atoms with E-state index in [4.69, 9.17) is 5.11 Å². The van der Waals surface area contributed by atoms with Gasteiger partial charge in [-0.3, -0.25) is 0 Å². The maximum atomic E-state index is 13.8. The predicted molar refractivity (Wildman–Crippen MR) is 71.0 cm³/mol. The number of aromatic carboxylic acids is 1. The molecule has 2 aliphatic rings. The topological polar surface area (TPSA) is 40.5 Å². The number of nitrogens with zero attached hydrogens (tertiary/aromatic N) is 1. The molecule has 1 N–H and O–H groups in total. The van der Waals surface area contributed by atoms with Crippen LogP contribution in [-0.2, 0) is 0 Å². The lowest BCUT2D eigenvalue weighted by Crippen LogP contribution is -2.57. The molecule has 1 aliphatic heterocycles. The fourth-order valence-corrected chi connectivity index (χ4v) is 3.50. The molecule has 3 nitrogen and oxygen atoms in total. The molecule has 1 aliphatic carbocycles. The summed E-state index contributed by atoms with van der Waals surface area (Å²) in [7, 11) is 0. The Hall–Kier alpha value is -1.65. The third-order valence-electron chi connectivity index (χ3n) is 4.57. The minimum atomic E-state index is -1.36. The number of rotatable bonds is 2. The number of benzene rings is 1. The third-order valence-corrected chi connectivity index (χ3v) is 4.57. The second kappa shape index (κ2) is 4.72. The summed E-state index contributed by atoms with van der Waals surface area (Å²) >= 11 is 0. The van der Waals surface area contributed by atoms with Crippen molar-refractivity contribution in [1.29, 1.82) is 0 Å². The SMILES string of the molecule is O=C(O)c1cc(N2CC3(CCCCC3)C2)c(F)cc1F. The molecule has 20 heavy (non-hydrogen) atoms. The Morgan fingerprint density at radius 2 is 1.75 bits per heavy atom. The van der Waals surface area contributed by atoms with Crippen LogP contribution >= 0.6 is 0 Å². The minimum Gasteiger partial charge on any atom is -0.478 e. The Balaban J connectivity index is 1.82. The highest BCUT2D eigenvalue weighted by Gasteiger charge is 2.44. The molecule has 0 unspecified atom stereocenters. The Labute approximate surface area is 116 Å². The molecule has 0 radical (unpaired) electrons. The van der Waals surface area contributed by atoms with Gasteiger partial charge in [0.1, 0.15) is 11.6 Å². The first-order chi connectivity index (χ1) is 9.51. The summed E-state index contributed by atoms with van der Waals surface area (Å²) in [5.41, 5.74) is 0.00799. The van der Waals surface area contributed by atoms with Gasteiger partial charge >= 0.3 is 5.97 Å². The predicted octanol–water partition coefficient (Wildman–Crippen LogP) is 3.43. The monoisotopic (exact) mass is 281 g/mol. The summed E-state index contributed by atoms with van der Waals surface area (Å²) < 4.78 is 27.2. The zero-order valence-electron chi connectivity index (χ0n) is 11.2. The molecule has 108 valence electrons. The van der Waals surface area contributed by atoms with Gasteiger partial charge in [-0.25, -0.2) is 13.6 Å². The number of hydrogen-bond acceptors (Lipinski definition) is 2. The lowest BCUT2D eigenvalue weighted by Gasteiger charge is -2.53. The van der Waals surface area contributed by atoms with Crippen molar-refractivity contribution in [1.82, 2.24) is 0 Å². The van der Waals surface area contributed by atoms with Gasteiger partial charge in [0.2, 0.25) is 0 Å². The largest absolute Gasteiger partial charge is 0.478 e. The van der Waals surface area contributed by atoms with E-state index < -0.39 is 23.2 Å². The number of carbonyl (C=O) groups is 1. The fraction of sp³-hybridized carbons (Fsp3) is 0.533. The fourth-order valence-electron chi connectivity index (χ4n) is 3.50. The summed E-state index contributed by atoms with van der Waals surface area (Å²) in [6.45, 7) is 1.49. The second-order valence-corrected chi connectivity index (χ2v) is 6.01. The average molecular weight is 281 g/mol. The van der Waals surface area contributed by atoms with Crippen molar-refractivity contribution in [3.8, 4) is 0 Å². The van der Waals surface area contributed by atoms with Crippen LogP contribution in [0.4, 0.5) is 14.5 Å². The molecule has 0 amide bonds. The zero-order chi connectivity index (χ0) is 14.3. The summed E-state index contributed by atoms with van der Waals surface area (Å²) in [6.07, 6.45) is 5.98. The molecule has 0 atom stereocenters. The molecule has 1 saturated carbocycles. The quantitative estimate of drug-likeness (QED) is 0.902. The van der Waals surface area contributed by atoms with E-state index in [-0.39, 0.29) is 11.1 Å². The molecule has 0 aromatic heterocycles. The van der Waals surface area contributed by atoms with Crippen molar-refractivity contribution in [3.05, 3.63) is 29.3 Å². The number of anilines is 1. The highest BCUT2D eigenvalue weighted by atomic mass is 19.1. The summed E-state index contributed by atoms with van der Waals surface area (Å²) in [5, 5.41) is 8.91. The van der Waals surface area contributed by atoms with Crippen molar-refractivity contribution in [2.75, 3.05) is 18.0 Å². The Morgan fingerprint density at radius 3 is 2.35 bits per heavy atom. The number of halogens is 2. The van der Waals surface area contributed by atoms with Crippen LogP contribution in [0.1, 0.15) is 42.5 Å². The molecular formula is C15H17F2NO2. The van der Waals surface area contributed by atoms with Crippen LogP contribution in [0.3, 0.4) is 0 Å². The van der Waals surface area contributed by atoms with E-state index in [2.05, 4.69) is 0 Å². The maximum absolute atomic E-state index is 13.8. The van der Waals surface area contributed by atoms with E-state index in [0.29, 0.717) is 6.07 Å². The normalized spacial score (nSPS) is 20.8. The summed E-state index contributed by atoms with van der Waals surface area (Å²) in [6, 6.07) is 1.79. The van der Waals surface area contributed by atoms with E-state index in [1.807, 2.05) is 4.90 Å². The number of carboxylic acids is 1. The second-order valence-electron chi connectivity index (χ2n) is 6.01. The standard InChI is InChI=1S/C15H17F2NO2/c16-11-7-12(17)13(6-10(11)14(19)20)18-8-15(9-18)4-2-1-3-5-15/h6-7H,1-5,8-9H2,(H,19,20). The van der Waals surface area contributed by atoms with Crippen LogP contribution in [0.15, 0.2) is 12.1 Å². The van der Waals surface area contributed by atoms with Gasteiger partial charge in [0, 0.05) is 24.6 Å². The van der Waals surface area contributed by atoms with Crippen molar-refractivity contribution >= 4 is 11.7 Å². The molecular weight excluding hydrogens is 264 g/mol. The summed E-state index contributed by atoms with van der Waals surface area (Å²) in [4.78, 5) is 12.8. The first-order valence-electron chi connectivity index (χ1n) is 6.98. The van der Waals surface area contributed by atoms with Gasteiger partial charge in [-0.2, -0.15) is 0 Å². The highest BCUT2D eigenvalue weighted by Crippen LogP contribution is 2.46. The van der Waals surface area contributed by atoms with Crippen LogP contribution in [0, 0.1) is 17.0 Å².